The summed E-state index contributed by atoms with van der Waals surface area (Å²) in [6.07, 6.45) is 5.27. The lowest BCUT2D eigenvalue weighted by molar-refractivity contribution is 0.290. The number of pyridine rings is 1. The molecule has 0 aliphatic carbocycles. The number of hydrogen-bond acceptors (Lipinski definition) is 3. The highest BCUT2D eigenvalue weighted by molar-refractivity contribution is 6.30. The van der Waals surface area contributed by atoms with Crippen LogP contribution in [0.25, 0.3) is 5.69 Å². The van der Waals surface area contributed by atoms with Crippen molar-refractivity contribution in [2.24, 2.45) is 0 Å². The first-order chi connectivity index (χ1) is 9.81. The van der Waals surface area contributed by atoms with Gasteiger partial charge in [0.15, 0.2) is 0 Å². The van der Waals surface area contributed by atoms with Gasteiger partial charge in [-0.2, -0.15) is 0 Å². The Hall–Kier alpha value is -2.33. The Labute approximate surface area is 121 Å². The monoisotopic (exact) mass is 285 g/mol. The molecule has 0 saturated carbocycles. The van der Waals surface area contributed by atoms with Gasteiger partial charge in [-0.1, -0.05) is 17.7 Å². The first kappa shape index (κ1) is 12.7. The summed E-state index contributed by atoms with van der Waals surface area (Å²) in [7, 11) is 0. The zero-order valence-electron chi connectivity index (χ0n) is 10.6. The van der Waals surface area contributed by atoms with E-state index in [4.69, 9.17) is 16.3 Å². The number of rotatable bonds is 4. The van der Waals surface area contributed by atoms with E-state index in [1.807, 2.05) is 53.2 Å². The molecule has 5 heteroatoms. The summed E-state index contributed by atoms with van der Waals surface area (Å²) in [5, 5.41) is 0.709. The van der Waals surface area contributed by atoms with Crippen molar-refractivity contribution in [3.05, 3.63) is 71.9 Å². The van der Waals surface area contributed by atoms with Crippen molar-refractivity contribution >= 4 is 11.6 Å². The highest BCUT2D eigenvalue weighted by Gasteiger charge is 2.02. The summed E-state index contributed by atoms with van der Waals surface area (Å²) in [6, 6.07) is 13.2. The molecule has 100 valence electrons. The van der Waals surface area contributed by atoms with Gasteiger partial charge in [-0.3, -0.25) is 4.98 Å². The van der Waals surface area contributed by atoms with Crippen molar-refractivity contribution in [1.82, 2.24) is 14.5 Å². The topological polar surface area (TPSA) is 39.9 Å². The molecular formula is C15H12ClN3O. The van der Waals surface area contributed by atoms with Crippen molar-refractivity contribution in [3.8, 4) is 11.6 Å². The van der Waals surface area contributed by atoms with Crippen molar-refractivity contribution < 1.29 is 4.74 Å². The normalized spacial score (nSPS) is 10.4. The average molecular weight is 286 g/mol. The molecule has 0 bridgehead atoms. The molecule has 3 aromatic rings. The van der Waals surface area contributed by atoms with E-state index in [1.54, 1.807) is 12.5 Å². The maximum absolute atomic E-state index is 5.87. The SMILES string of the molecule is Clc1ccc(-n2cnc(OCc3ccccn3)c2)cc1. The van der Waals surface area contributed by atoms with Crippen LogP contribution in [0.1, 0.15) is 5.69 Å². The molecule has 0 saturated heterocycles. The maximum atomic E-state index is 5.87. The van der Waals surface area contributed by atoms with E-state index in [0.29, 0.717) is 17.5 Å². The zero-order chi connectivity index (χ0) is 13.8. The number of aromatic nitrogens is 3. The quantitative estimate of drug-likeness (QED) is 0.736. The Balaban J connectivity index is 1.69. The molecule has 4 nitrogen and oxygen atoms in total. The number of ether oxygens (including phenoxy) is 1. The molecule has 0 aliphatic heterocycles. The fraction of sp³-hybridized carbons (Fsp3) is 0.0667. The van der Waals surface area contributed by atoms with Crippen molar-refractivity contribution in [3.63, 3.8) is 0 Å². The standard InChI is InChI=1S/C15H12ClN3O/c16-12-4-6-14(7-5-12)19-9-15(18-11-19)20-10-13-3-1-2-8-17-13/h1-9,11H,10H2. The Bertz CT molecular complexity index is 680. The van der Waals surface area contributed by atoms with E-state index < -0.39 is 0 Å². The van der Waals surface area contributed by atoms with E-state index in [1.165, 1.54) is 0 Å². The summed E-state index contributed by atoms with van der Waals surface area (Å²) in [6.45, 7) is 0.401. The van der Waals surface area contributed by atoms with Crippen molar-refractivity contribution in [1.29, 1.82) is 0 Å². The van der Waals surface area contributed by atoms with Gasteiger partial charge in [0.2, 0.25) is 5.88 Å². The number of benzene rings is 1. The minimum atomic E-state index is 0.401. The molecule has 0 aliphatic rings. The predicted molar refractivity (Wildman–Crippen MR) is 77.1 cm³/mol. The second-order valence-electron chi connectivity index (χ2n) is 4.21. The van der Waals surface area contributed by atoms with Crippen LogP contribution in [-0.4, -0.2) is 14.5 Å². The zero-order valence-corrected chi connectivity index (χ0v) is 11.4. The lowest BCUT2D eigenvalue weighted by Gasteiger charge is -2.02. The van der Waals surface area contributed by atoms with Crippen LogP contribution >= 0.6 is 11.6 Å². The van der Waals surface area contributed by atoms with E-state index >= 15 is 0 Å². The third-order valence-corrected chi connectivity index (χ3v) is 3.03. The molecule has 0 fully saturated rings. The van der Waals surface area contributed by atoms with Crippen LogP contribution in [0.5, 0.6) is 5.88 Å². The Morgan fingerprint density at radius 1 is 1.05 bits per heavy atom. The fourth-order valence-corrected chi connectivity index (χ4v) is 1.89. The second kappa shape index (κ2) is 5.75. The molecule has 0 spiro atoms. The van der Waals surface area contributed by atoms with Gasteiger partial charge in [-0.25, -0.2) is 4.98 Å². The van der Waals surface area contributed by atoms with Crippen LogP contribution in [0.2, 0.25) is 5.02 Å². The van der Waals surface area contributed by atoms with Gasteiger partial charge in [0, 0.05) is 16.9 Å². The Morgan fingerprint density at radius 3 is 2.65 bits per heavy atom. The van der Waals surface area contributed by atoms with Gasteiger partial charge >= 0.3 is 0 Å². The summed E-state index contributed by atoms with van der Waals surface area (Å²) in [4.78, 5) is 8.40. The molecule has 0 N–H and O–H groups in total. The average Bonchev–Trinajstić information content (AvgIpc) is 2.96. The van der Waals surface area contributed by atoms with E-state index in [0.717, 1.165) is 11.4 Å². The van der Waals surface area contributed by atoms with Crippen molar-refractivity contribution in [2.75, 3.05) is 0 Å². The van der Waals surface area contributed by atoms with Crippen LogP contribution in [-0.2, 0) is 6.61 Å². The van der Waals surface area contributed by atoms with Gasteiger partial charge in [-0.05, 0) is 36.4 Å². The van der Waals surface area contributed by atoms with Crippen LogP contribution in [0.4, 0.5) is 0 Å². The molecule has 20 heavy (non-hydrogen) atoms. The molecule has 0 radical (unpaired) electrons. The van der Waals surface area contributed by atoms with Crippen molar-refractivity contribution in [2.45, 2.75) is 6.61 Å². The molecule has 0 atom stereocenters. The maximum Gasteiger partial charge on any atom is 0.232 e. The summed E-state index contributed by atoms with van der Waals surface area (Å²) < 4.78 is 7.48. The summed E-state index contributed by atoms with van der Waals surface area (Å²) >= 11 is 5.87. The fourth-order valence-electron chi connectivity index (χ4n) is 1.77. The van der Waals surface area contributed by atoms with E-state index in [-0.39, 0.29) is 0 Å². The lowest BCUT2D eigenvalue weighted by atomic mass is 10.3. The van der Waals surface area contributed by atoms with E-state index in [2.05, 4.69) is 9.97 Å². The number of nitrogens with zero attached hydrogens (tertiary/aromatic N) is 3. The highest BCUT2D eigenvalue weighted by atomic mass is 35.5. The molecule has 1 aromatic carbocycles. The first-order valence-electron chi connectivity index (χ1n) is 6.14. The summed E-state index contributed by atoms with van der Waals surface area (Å²) in [5.41, 5.74) is 1.85. The third-order valence-electron chi connectivity index (χ3n) is 2.78. The molecule has 0 unspecified atom stereocenters. The Kier molecular flexibility index (Phi) is 3.65. The molecular weight excluding hydrogens is 274 g/mol. The van der Waals surface area contributed by atoms with E-state index in [9.17, 15) is 0 Å². The van der Waals surface area contributed by atoms with Gasteiger partial charge in [0.1, 0.15) is 12.9 Å². The predicted octanol–water partition coefficient (Wildman–Crippen LogP) is 3.50. The highest BCUT2D eigenvalue weighted by Crippen LogP contribution is 2.16. The first-order valence-corrected chi connectivity index (χ1v) is 6.52. The van der Waals surface area contributed by atoms with Crippen LogP contribution in [0.3, 0.4) is 0 Å². The van der Waals surface area contributed by atoms with Gasteiger partial charge in [-0.15, -0.1) is 0 Å². The number of imidazole rings is 1. The minimum Gasteiger partial charge on any atom is -0.470 e. The minimum absolute atomic E-state index is 0.401. The number of halogens is 1. The van der Waals surface area contributed by atoms with Gasteiger partial charge in [0.05, 0.1) is 11.9 Å². The lowest BCUT2D eigenvalue weighted by Crippen LogP contribution is -1.97. The van der Waals surface area contributed by atoms with Gasteiger partial charge < -0.3 is 9.30 Å². The smallest absolute Gasteiger partial charge is 0.232 e. The van der Waals surface area contributed by atoms with Crippen LogP contribution in [0, 0.1) is 0 Å². The van der Waals surface area contributed by atoms with Crippen LogP contribution in [0.15, 0.2) is 61.2 Å². The Morgan fingerprint density at radius 2 is 1.90 bits per heavy atom. The second-order valence-corrected chi connectivity index (χ2v) is 4.64. The number of hydrogen-bond donors (Lipinski definition) is 0. The van der Waals surface area contributed by atoms with Crippen LogP contribution < -0.4 is 4.74 Å². The molecule has 2 heterocycles. The van der Waals surface area contributed by atoms with Gasteiger partial charge in [0.25, 0.3) is 0 Å². The molecule has 0 amide bonds. The summed E-state index contributed by atoms with van der Waals surface area (Å²) in [5.74, 6) is 0.561. The molecule has 3 rings (SSSR count). The third kappa shape index (κ3) is 2.97. The largest absolute Gasteiger partial charge is 0.470 e. The molecule has 2 aromatic heterocycles.